The third-order valence-electron chi connectivity index (χ3n) is 5.80. The molecule has 0 amide bonds. The first-order valence-corrected chi connectivity index (χ1v) is 11.5. The summed E-state index contributed by atoms with van der Waals surface area (Å²) in [6.45, 7) is 5.37. The standard InChI is InChI=1S/C26H23N7O6/c1-26(2,3)20-18(13-27)21(32(30-20)17-11-14(24(36)37)10-15(12-17)25(38)39)29-28-19-22(34)31(4)33(23(19)35)16-8-6-5-7-9-16/h5-12,34H,1-4H3,(H,36,37)(H,38,39). The summed E-state index contributed by atoms with van der Waals surface area (Å²) in [4.78, 5) is 36.5. The van der Waals surface area contributed by atoms with E-state index in [1.54, 1.807) is 51.1 Å². The van der Waals surface area contributed by atoms with Crippen molar-refractivity contribution in [2.24, 2.45) is 17.3 Å². The van der Waals surface area contributed by atoms with Crippen LogP contribution in [-0.2, 0) is 12.5 Å². The maximum atomic E-state index is 13.2. The number of aromatic nitrogens is 4. The molecule has 0 fully saturated rings. The highest BCUT2D eigenvalue weighted by molar-refractivity contribution is 5.94. The number of carboxylic acid groups (broad SMARTS) is 2. The summed E-state index contributed by atoms with van der Waals surface area (Å²) in [6.07, 6.45) is 0. The Balaban J connectivity index is 1.98. The van der Waals surface area contributed by atoms with Gasteiger partial charge in [-0.25, -0.2) is 23.6 Å². The molecule has 0 unspecified atom stereocenters. The molecule has 13 heteroatoms. The Morgan fingerprint density at radius 1 is 0.974 bits per heavy atom. The summed E-state index contributed by atoms with van der Waals surface area (Å²) in [5.74, 6) is -3.42. The highest BCUT2D eigenvalue weighted by Crippen LogP contribution is 2.35. The van der Waals surface area contributed by atoms with Gasteiger partial charge < -0.3 is 15.3 Å². The third kappa shape index (κ3) is 4.78. The SMILES string of the molecule is Cn1c(O)c(N=Nc2c(C#N)c(C(C)(C)C)nn2-c2cc(C(=O)O)cc(C(=O)O)c2)c(=O)n1-c1ccccc1. The molecule has 0 bridgehead atoms. The molecule has 0 aliphatic rings. The van der Waals surface area contributed by atoms with Crippen LogP contribution in [0.15, 0.2) is 63.6 Å². The van der Waals surface area contributed by atoms with Crippen LogP contribution in [0.25, 0.3) is 11.4 Å². The first-order chi connectivity index (χ1) is 18.3. The lowest BCUT2D eigenvalue weighted by Gasteiger charge is -2.15. The van der Waals surface area contributed by atoms with Crippen molar-refractivity contribution in [3.63, 3.8) is 0 Å². The topological polar surface area (TPSA) is 188 Å². The van der Waals surface area contributed by atoms with E-state index in [-0.39, 0.29) is 33.9 Å². The minimum Gasteiger partial charge on any atom is -0.492 e. The zero-order chi connectivity index (χ0) is 28.6. The average molecular weight is 530 g/mol. The molecular weight excluding hydrogens is 506 g/mol. The molecule has 0 radical (unpaired) electrons. The second-order valence-electron chi connectivity index (χ2n) is 9.55. The van der Waals surface area contributed by atoms with Crippen LogP contribution in [0.3, 0.4) is 0 Å². The van der Waals surface area contributed by atoms with E-state index in [2.05, 4.69) is 15.3 Å². The van der Waals surface area contributed by atoms with Gasteiger partial charge in [0.25, 0.3) is 0 Å². The lowest BCUT2D eigenvalue weighted by molar-refractivity contribution is 0.0696. The van der Waals surface area contributed by atoms with Crippen LogP contribution in [-0.4, -0.2) is 46.4 Å². The molecular formula is C26H23N7O6. The largest absolute Gasteiger partial charge is 0.492 e. The van der Waals surface area contributed by atoms with Crippen LogP contribution < -0.4 is 5.56 Å². The first-order valence-electron chi connectivity index (χ1n) is 11.5. The van der Waals surface area contributed by atoms with Gasteiger partial charge in [-0.3, -0.25) is 4.79 Å². The van der Waals surface area contributed by atoms with Crippen LogP contribution in [0.1, 0.15) is 52.7 Å². The molecule has 2 aromatic heterocycles. The van der Waals surface area contributed by atoms with Crippen molar-refractivity contribution in [3.8, 4) is 23.3 Å². The minimum atomic E-state index is -1.37. The molecule has 0 atom stereocenters. The number of carboxylic acids is 2. The predicted molar refractivity (Wildman–Crippen MR) is 138 cm³/mol. The summed E-state index contributed by atoms with van der Waals surface area (Å²) in [6, 6.07) is 13.9. The molecule has 39 heavy (non-hydrogen) atoms. The van der Waals surface area contributed by atoms with Gasteiger partial charge in [0.15, 0.2) is 5.82 Å². The van der Waals surface area contributed by atoms with Crippen molar-refractivity contribution < 1.29 is 24.9 Å². The maximum absolute atomic E-state index is 13.2. The van der Waals surface area contributed by atoms with Crippen molar-refractivity contribution >= 4 is 23.4 Å². The normalized spacial score (nSPS) is 11.6. The highest BCUT2D eigenvalue weighted by atomic mass is 16.4. The molecule has 0 aliphatic heterocycles. The van der Waals surface area contributed by atoms with E-state index in [9.17, 15) is 35.0 Å². The molecule has 0 saturated heterocycles. The molecule has 4 rings (SSSR count). The van der Waals surface area contributed by atoms with Gasteiger partial charge in [0.2, 0.25) is 11.6 Å². The van der Waals surface area contributed by atoms with Crippen LogP contribution in [0.5, 0.6) is 5.88 Å². The number of nitrogens with zero attached hydrogens (tertiary/aromatic N) is 7. The highest BCUT2D eigenvalue weighted by Gasteiger charge is 2.29. The Kier molecular flexibility index (Phi) is 6.64. The zero-order valence-corrected chi connectivity index (χ0v) is 21.3. The predicted octanol–water partition coefficient (Wildman–Crippen LogP) is 4.05. The first kappa shape index (κ1) is 26.6. The lowest BCUT2D eigenvalue weighted by Crippen LogP contribution is -2.18. The van der Waals surface area contributed by atoms with Crippen molar-refractivity contribution in [1.29, 1.82) is 5.26 Å². The van der Waals surface area contributed by atoms with E-state index in [1.165, 1.54) is 28.5 Å². The number of hydrogen-bond donors (Lipinski definition) is 3. The Bertz CT molecular complexity index is 1720. The minimum absolute atomic E-state index is 0.00719. The summed E-state index contributed by atoms with van der Waals surface area (Å²) >= 11 is 0. The summed E-state index contributed by atoms with van der Waals surface area (Å²) in [5, 5.41) is 52.2. The van der Waals surface area contributed by atoms with E-state index in [0.29, 0.717) is 5.69 Å². The summed E-state index contributed by atoms with van der Waals surface area (Å²) < 4.78 is 3.46. The number of aromatic carboxylic acids is 2. The fourth-order valence-electron chi connectivity index (χ4n) is 3.91. The lowest BCUT2D eigenvalue weighted by atomic mass is 9.90. The Labute approximate surface area is 221 Å². The number of benzene rings is 2. The number of hydrogen-bond acceptors (Lipinski definition) is 8. The molecule has 13 nitrogen and oxygen atoms in total. The van der Waals surface area contributed by atoms with E-state index in [1.807, 2.05) is 6.07 Å². The van der Waals surface area contributed by atoms with Crippen LogP contribution in [0.4, 0.5) is 11.5 Å². The van der Waals surface area contributed by atoms with Crippen LogP contribution >= 0.6 is 0 Å². The monoisotopic (exact) mass is 529 g/mol. The van der Waals surface area contributed by atoms with Gasteiger partial charge >= 0.3 is 17.5 Å². The molecule has 3 N–H and O–H groups in total. The van der Waals surface area contributed by atoms with Crippen molar-refractivity contribution in [3.05, 3.63) is 81.3 Å². The molecule has 2 aromatic carbocycles. The van der Waals surface area contributed by atoms with Crippen LogP contribution in [0.2, 0.25) is 0 Å². The average Bonchev–Trinajstić information content (AvgIpc) is 3.37. The van der Waals surface area contributed by atoms with Gasteiger partial charge in [0, 0.05) is 12.5 Å². The van der Waals surface area contributed by atoms with Gasteiger partial charge in [-0.2, -0.15) is 10.4 Å². The number of nitriles is 1. The molecule has 0 aliphatic carbocycles. The van der Waals surface area contributed by atoms with Crippen molar-refractivity contribution in [2.45, 2.75) is 26.2 Å². The number of aromatic hydroxyl groups is 1. The number of azo groups is 1. The third-order valence-corrected chi connectivity index (χ3v) is 5.80. The van der Waals surface area contributed by atoms with E-state index >= 15 is 0 Å². The van der Waals surface area contributed by atoms with E-state index in [4.69, 9.17) is 0 Å². The Morgan fingerprint density at radius 2 is 1.56 bits per heavy atom. The van der Waals surface area contributed by atoms with Crippen molar-refractivity contribution in [1.82, 2.24) is 19.1 Å². The fourth-order valence-corrected chi connectivity index (χ4v) is 3.91. The van der Waals surface area contributed by atoms with Gasteiger partial charge in [0.05, 0.1) is 28.2 Å². The van der Waals surface area contributed by atoms with Crippen molar-refractivity contribution in [2.75, 3.05) is 0 Å². The number of para-hydroxylation sites is 1. The van der Waals surface area contributed by atoms with E-state index in [0.717, 1.165) is 10.7 Å². The second-order valence-corrected chi connectivity index (χ2v) is 9.55. The van der Waals surface area contributed by atoms with Gasteiger partial charge in [-0.15, -0.1) is 10.2 Å². The maximum Gasteiger partial charge on any atom is 0.335 e. The molecule has 0 spiro atoms. The summed E-state index contributed by atoms with van der Waals surface area (Å²) in [5.41, 5.74) is -1.74. The van der Waals surface area contributed by atoms with E-state index < -0.39 is 34.5 Å². The molecule has 198 valence electrons. The quantitative estimate of drug-likeness (QED) is 0.312. The number of carbonyl (C=O) groups is 2. The Hall–Kier alpha value is -5.51. The van der Waals surface area contributed by atoms with Crippen LogP contribution in [0, 0.1) is 11.3 Å². The second kappa shape index (κ2) is 9.75. The van der Waals surface area contributed by atoms with Gasteiger partial charge in [-0.1, -0.05) is 39.0 Å². The van der Waals surface area contributed by atoms with Gasteiger partial charge in [-0.05, 0) is 30.3 Å². The molecule has 2 heterocycles. The molecule has 4 aromatic rings. The fraction of sp³-hybridized carbons (Fsp3) is 0.192. The van der Waals surface area contributed by atoms with Gasteiger partial charge in [0.1, 0.15) is 11.6 Å². The zero-order valence-electron chi connectivity index (χ0n) is 21.3. The smallest absolute Gasteiger partial charge is 0.335 e. The Morgan fingerprint density at radius 3 is 2.08 bits per heavy atom. The number of rotatable bonds is 6. The summed E-state index contributed by atoms with van der Waals surface area (Å²) in [7, 11) is 1.45. The molecule has 0 saturated carbocycles.